The number of ether oxygens (including phenoxy) is 1. The van der Waals surface area contributed by atoms with Gasteiger partial charge in [0.15, 0.2) is 0 Å². The molecule has 2 amide bonds. The second kappa shape index (κ2) is 7.33. The number of hydrogen-bond acceptors (Lipinski definition) is 3. The fraction of sp³-hybridized carbons (Fsp3) is 0.846. The van der Waals surface area contributed by atoms with Gasteiger partial charge in [0.25, 0.3) is 0 Å². The number of carboxylic acids is 1. The number of methoxy groups -OCH3 is 1. The fourth-order valence-corrected chi connectivity index (χ4v) is 1.97. The van der Waals surface area contributed by atoms with Crippen LogP contribution in [-0.2, 0) is 9.53 Å². The number of urea groups is 1. The monoisotopic (exact) mass is 272 g/mol. The van der Waals surface area contributed by atoms with Gasteiger partial charge in [-0.1, -0.05) is 13.8 Å². The van der Waals surface area contributed by atoms with Gasteiger partial charge >= 0.3 is 12.0 Å². The molecule has 0 bridgehead atoms. The Bertz CT molecular complexity index is 316. The third kappa shape index (κ3) is 5.46. The molecule has 0 aromatic carbocycles. The van der Waals surface area contributed by atoms with Crippen LogP contribution in [0.25, 0.3) is 0 Å². The minimum Gasteiger partial charge on any atom is -0.480 e. The van der Waals surface area contributed by atoms with Gasteiger partial charge in [0.2, 0.25) is 0 Å². The number of carbonyl (C=O) groups is 2. The molecule has 0 aliphatic heterocycles. The maximum Gasteiger partial charge on any atom is 0.323 e. The number of aliphatic carboxylic acids is 1. The van der Waals surface area contributed by atoms with Crippen molar-refractivity contribution in [1.82, 2.24) is 9.80 Å². The van der Waals surface area contributed by atoms with Crippen molar-refractivity contribution in [3.8, 4) is 0 Å². The van der Waals surface area contributed by atoms with Gasteiger partial charge in [0.05, 0.1) is 6.61 Å². The molecule has 1 N–H and O–H groups in total. The van der Waals surface area contributed by atoms with Crippen molar-refractivity contribution in [2.75, 3.05) is 33.4 Å². The minimum atomic E-state index is -0.962. The minimum absolute atomic E-state index is 0.0980. The number of nitrogens with zero attached hydrogens (tertiary/aromatic N) is 2. The average molecular weight is 272 g/mol. The van der Waals surface area contributed by atoms with Gasteiger partial charge in [-0.3, -0.25) is 4.79 Å². The van der Waals surface area contributed by atoms with Gasteiger partial charge in [0, 0.05) is 26.2 Å². The molecule has 1 aliphatic carbocycles. The van der Waals surface area contributed by atoms with Crippen LogP contribution < -0.4 is 0 Å². The quantitative estimate of drug-likeness (QED) is 0.722. The lowest BCUT2D eigenvalue weighted by atomic mass is 10.2. The molecule has 0 unspecified atom stereocenters. The summed E-state index contributed by atoms with van der Waals surface area (Å²) in [6.07, 6.45) is 1.80. The van der Waals surface area contributed by atoms with Crippen LogP contribution in [-0.4, -0.2) is 66.3 Å². The molecule has 0 atom stereocenters. The zero-order valence-corrected chi connectivity index (χ0v) is 12.0. The molecule has 0 heterocycles. The SMILES string of the molecule is COCCN(CC(C)C)C(=O)N(CC(=O)O)C1CC1. The molecule has 110 valence electrons. The van der Waals surface area contributed by atoms with Crippen molar-refractivity contribution in [3.05, 3.63) is 0 Å². The van der Waals surface area contributed by atoms with E-state index in [1.165, 1.54) is 4.90 Å². The Morgan fingerprint density at radius 3 is 2.42 bits per heavy atom. The molecule has 6 nitrogen and oxygen atoms in total. The zero-order chi connectivity index (χ0) is 14.4. The summed E-state index contributed by atoms with van der Waals surface area (Å²) in [5.74, 6) is -0.622. The lowest BCUT2D eigenvalue weighted by Crippen LogP contribution is -2.48. The van der Waals surface area contributed by atoms with Crippen molar-refractivity contribution in [3.63, 3.8) is 0 Å². The first-order chi connectivity index (χ1) is 8.95. The first kappa shape index (κ1) is 15.8. The van der Waals surface area contributed by atoms with Crippen LogP contribution in [0, 0.1) is 5.92 Å². The van der Waals surface area contributed by atoms with Crippen LogP contribution in [0.4, 0.5) is 4.79 Å². The van der Waals surface area contributed by atoms with Crippen molar-refractivity contribution in [2.45, 2.75) is 32.7 Å². The highest BCUT2D eigenvalue weighted by molar-refractivity contribution is 5.80. The summed E-state index contributed by atoms with van der Waals surface area (Å²) < 4.78 is 5.01. The van der Waals surface area contributed by atoms with E-state index in [1.807, 2.05) is 13.8 Å². The van der Waals surface area contributed by atoms with E-state index in [9.17, 15) is 9.59 Å². The summed E-state index contributed by atoms with van der Waals surface area (Å²) in [5.41, 5.74) is 0. The molecule has 1 saturated carbocycles. The molecule has 0 saturated heterocycles. The molecule has 6 heteroatoms. The Hall–Kier alpha value is -1.30. The largest absolute Gasteiger partial charge is 0.480 e. The van der Waals surface area contributed by atoms with Gasteiger partial charge in [-0.25, -0.2) is 4.79 Å². The average Bonchev–Trinajstić information content (AvgIpc) is 3.14. The lowest BCUT2D eigenvalue weighted by molar-refractivity contribution is -0.137. The smallest absolute Gasteiger partial charge is 0.323 e. The van der Waals surface area contributed by atoms with E-state index >= 15 is 0 Å². The number of amides is 2. The topological polar surface area (TPSA) is 70.1 Å². The highest BCUT2D eigenvalue weighted by Gasteiger charge is 2.36. The molecule has 0 aromatic heterocycles. The fourth-order valence-electron chi connectivity index (χ4n) is 1.97. The van der Waals surface area contributed by atoms with E-state index in [2.05, 4.69) is 0 Å². The van der Waals surface area contributed by atoms with Crippen molar-refractivity contribution in [2.24, 2.45) is 5.92 Å². The van der Waals surface area contributed by atoms with E-state index < -0.39 is 5.97 Å². The summed E-state index contributed by atoms with van der Waals surface area (Å²) in [6.45, 7) is 5.42. The molecule has 1 rings (SSSR count). The molecule has 1 fully saturated rings. The third-order valence-corrected chi connectivity index (χ3v) is 2.96. The van der Waals surface area contributed by atoms with Gasteiger partial charge in [0.1, 0.15) is 6.54 Å². The van der Waals surface area contributed by atoms with Gasteiger partial charge in [-0.05, 0) is 18.8 Å². The van der Waals surface area contributed by atoms with Gasteiger partial charge < -0.3 is 19.6 Å². The predicted octanol–water partition coefficient (Wildman–Crippen LogP) is 1.26. The molecule has 0 aromatic rings. The van der Waals surface area contributed by atoms with Gasteiger partial charge in [-0.2, -0.15) is 0 Å². The first-order valence-electron chi connectivity index (χ1n) is 6.72. The molecular weight excluding hydrogens is 248 g/mol. The number of carbonyl (C=O) groups excluding carboxylic acids is 1. The van der Waals surface area contributed by atoms with Crippen molar-refractivity contribution < 1.29 is 19.4 Å². The lowest BCUT2D eigenvalue weighted by Gasteiger charge is -2.31. The summed E-state index contributed by atoms with van der Waals surface area (Å²) in [6, 6.07) is -0.0866. The van der Waals surface area contributed by atoms with Crippen LogP contribution in [0.3, 0.4) is 0 Å². The zero-order valence-electron chi connectivity index (χ0n) is 12.0. The summed E-state index contributed by atoms with van der Waals surface area (Å²) in [7, 11) is 1.59. The second-order valence-electron chi connectivity index (χ2n) is 5.37. The second-order valence-corrected chi connectivity index (χ2v) is 5.37. The van der Waals surface area contributed by atoms with Crippen LogP contribution in [0.1, 0.15) is 26.7 Å². The number of carboxylic acid groups (broad SMARTS) is 1. The highest BCUT2D eigenvalue weighted by Crippen LogP contribution is 2.27. The highest BCUT2D eigenvalue weighted by atomic mass is 16.5. The summed E-state index contributed by atoms with van der Waals surface area (Å²) in [4.78, 5) is 26.5. The van der Waals surface area contributed by atoms with E-state index in [0.29, 0.717) is 25.6 Å². The Morgan fingerprint density at radius 2 is 2.00 bits per heavy atom. The standard InChI is InChI=1S/C13H24N2O4/c1-10(2)8-14(6-7-19-3)13(18)15(9-12(16)17)11-4-5-11/h10-11H,4-9H2,1-3H3,(H,16,17). The summed E-state index contributed by atoms with van der Waals surface area (Å²) >= 11 is 0. The number of rotatable bonds is 8. The van der Waals surface area contributed by atoms with Crippen LogP contribution >= 0.6 is 0 Å². The molecule has 19 heavy (non-hydrogen) atoms. The maximum atomic E-state index is 12.4. The van der Waals surface area contributed by atoms with Crippen LogP contribution in [0.5, 0.6) is 0 Å². The van der Waals surface area contributed by atoms with Crippen LogP contribution in [0.2, 0.25) is 0 Å². The van der Waals surface area contributed by atoms with E-state index in [1.54, 1.807) is 12.0 Å². The molecule has 0 radical (unpaired) electrons. The van der Waals surface area contributed by atoms with E-state index in [0.717, 1.165) is 12.8 Å². The third-order valence-electron chi connectivity index (χ3n) is 2.96. The molecular formula is C13H24N2O4. The predicted molar refractivity (Wildman–Crippen MR) is 71.0 cm³/mol. The molecule has 0 spiro atoms. The van der Waals surface area contributed by atoms with Crippen LogP contribution in [0.15, 0.2) is 0 Å². The maximum absolute atomic E-state index is 12.4. The Labute approximate surface area is 114 Å². The Kier molecular flexibility index (Phi) is 6.08. The summed E-state index contributed by atoms with van der Waals surface area (Å²) in [5, 5.41) is 8.91. The van der Waals surface area contributed by atoms with E-state index in [4.69, 9.17) is 9.84 Å². The van der Waals surface area contributed by atoms with E-state index in [-0.39, 0.29) is 18.6 Å². The Morgan fingerprint density at radius 1 is 1.37 bits per heavy atom. The number of hydrogen-bond donors (Lipinski definition) is 1. The first-order valence-corrected chi connectivity index (χ1v) is 6.72. The van der Waals surface area contributed by atoms with Gasteiger partial charge in [-0.15, -0.1) is 0 Å². The molecule has 1 aliphatic rings. The van der Waals surface area contributed by atoms with Crippen molar-refractivity contribution >= 4 is 12.0 Å². The van der Waals surface area contributed by atoms with Crippen molar-refractivity contribution in [1.29, 1.82) is 0 Å². The Balaban J connectivity index is 2.67. The normalized spacial score (nSPS) is 14.5.